The van der Waals surface area contributed by atoms with Crippen LogP contribution in [0.3, 0.4) is 0 Å². The summed E-state index contributed by atoms with van der Waals surface area (Å²) in [6.07, 6.45) is 1.53. The molecule has 0 aromatic heterocycles. The van der Waals surface area contributed by atoms with Crippen molar-refractivity contribution in [1.29, 1.82) is 0 Å². The number of halogens is 1. The van der Waals surface area contributed by atoms with Gasteiger partial charge in [-0.2, -0.15) is 0 Å². The Hall–Kier alpha value is -3.06. The van der Waals surface area contributed by atoms with Gasteiger partial charge in [-0.15, -0.1) is 0 Å². The lowest BCUT2D eigenvalue weighted by Gasteiger charge is -2.25. The van der Waals surface area contributed by atoms with E-state index in [2.05, 4.69) is 0 Å². The molecule has 0 amide bonds. The minimum Gasteiger partial charge on any atom is -0.478 e. The highest BCUT2D eigenvalue weighted by Crippen LogP contribution is 2.40. The van der Waals surface area contributed by atoms with Crippen LogP contribution >= 0.6 is 11.6 Å². The Morgan fingerprint density at radius 1 is 0.941 bits per heavy atom. The van der Waals surface area contributed by atoms with Crippen LogP contribution < -0.4 is 4.74 Å². The molecule has 0 aliphatic carbocycles. The third-order valence-corrected chi connectivity index (χ3v) is 5.43. The van der Waals surface area contributed by atoms with E-state index in [1.807, 2.05) is 27.7 Å². The zero-order chi connectivity index (χ0) is 25.8. The average Bonchev–Trinajstić information content (AvgIpc) is 2.76. The number of hydrogen-bond donors (Lipinski definition) is 2. The molecule has 2 rings (SSSR count). The third-order valence-electron chi connectivity index (χ3n) is 5.18. The molecule has 0 fully saturated rings. The summed E-state index contributed by atoms with van der Waals surface area (Å²) >= 11 is 5.52. The Kier molecular flexibility index (Phi) is 12.1. The molecule has 0 bridgehead atoms. The van der Waals surface area contributed by atoms with E-state index in [9.17, 15) is 19.5 Å². The van der Waals surface area contributed by atoms with Gasteiger partial charge >= 0.3 is 18.1 Å². The summed E-state index contributed by atoms with van der Waals surface area (Å²) in [5, 5.41) is 18.6. The van der Waals surface area contributed by atoms with Gasteiger partial charge in [0.25, 0.3) is 0 Å². The summed E-state index contributed by atoms with van der Waals surface area (Å²) in [5.41, 5.74) is 1.88. The summed E-state index contributed by atoms with van der Waals surface area (Å²) in [6.45, 7) is 10.0. The number of ether oxygens (including phenoxy) is 2. The van der Waals surface area contributed by atoms with E-state index in [1.54, 1.807) is 31.2 Å². The average molecular weight is 493 g/mol. The molecule has 0 aliphatic rings. The molecule has 0 heterocycles. The van der Waals surface area contributed by atoms with Crippen LogP contribution in [0.25, 0.3) is 0 Å². The second-order valence-corrected chi connectivity index (χ2v) is 8.36. The van der Waals surface area contributed by atoms with Gasteiger partial charge in [0.15, 0.2) is 0 Å². The summed E-state index contributed by atoms with van der Waals surface area (Å²) in [4.78, 5) is 33.9. The monoisotopic (exact) mass is 492 g/mol. The van der Waals surface area contributed by atoms with Crippen molar-refractivity contribution in [3.05, 3.63) is 63.7 Å². The Morgan fingerprint density at radius 3 is 2.00 bits per heavy atom. The highest BCUT2D eigenvalue weighted by Gasteiger charge is 2.28. The quantitative estimate of drug-likeness (QED) is 0.284. The zero-order valence-corrected chi connectivity index (χ0v) is 21.0. The Balaban J connectivity index is 0.000000479. The molecule has 0 spiro atoms. The molecule has 2 aromatic carbocycles. The van der Waals surface area contributed by atoms with Gasteiger partial charge in [0.1, 0.15) is 5.75 Å². The summed E-state index contributed by atoms with van der Waals surface area (Å²) < 4.78 is 10.4. The fraction of sp³-hybridized carbons (Fsp3) is 0.423. The molecule has 0 aliphatic heterocycles. The number of rotatable bonds is 9. The molecule has 0 saturated heterocycles. The van der Waals surface area contributed by atoms with Crippen LogP contribution in [0.1, 0.15) is 85.2 Å². The maximum Gasteiger partial charge on any atom is 0.513 e. The highest BCUT2D eigenvalue weighted by molar-refractivity contribution is 6.30. The molecule has 2 N–H and O–H groups in total. The van der Waals surface area contributed by atoms with Crippen LogP contribution in [0, 0.1) is 5.92 Å². The fourth-order valence-electron chi connectivity index (χ4n) is 3.62. The lowest BCUT2D eigenvalue weighted by atomic mass is 9.81. The molecule has 2 aromatic rings. The summed E-state index contributed by atoms with van der Waals surface area (Å²) in [7, 11) is 0. The van der Waals surface area contributed by atoms with Crippen molar-refractivity contribution in [2.75, 3.05) is 6.61 Å². The first-order valence-corrected chi connectivity index (χ1v) is 11.7. The van der Waals surface area contributed by atoms with Crippen molar-refractivity contribution in [3.63, 3.8) is 0 Å². The van der Waals surface area contributed by atoms with Crippen molar-refractivity contribution in [3.8, 4) is 5.75 Å². The number of aromatic carboxylic acids is 2. The van der Waals surface area contributed by atoms with E-state index >= 15 is 0 Å². The van der Waals surface area contributed by atoms with Crippen molar-refractivity contribution in [2.24, 2.45) is 5.92 Å². The number of carbonyl (C=O) groups is 3. The Bertz CT molecular complexity index is 968. The van der Waals surface area contributed by atoms with Gasteiger partial charge in [0.2, 0.25) is 0 Å². The number of carbonyl (C=O) groups excluding carboxylic acids is 1. The largest absolute Gasteiger partial charge is 0.513 e. The van der Waals surface area contributed by atoms with Crippen LogP contribution in [-0.2, 0) is 11.2 Å². The van der Waals surface area contributed by atoms with E-state index < -0.39 is 18.1 Å². The van der Waals surface area contributed by atoms with Gasteiger partial charge in [0, 0.05) is 10.6 Å². The number of hydrogen-bond acceptors (Lipinski definition) is 5. The highest BCUT2D eigenvalue weighted by atomic mass is 35.5. The fourth-order valence-corrected chi connectivity index (χ4v) is 3.74. The second kappa shape index (κ2) is 14.3. The first kappa shape index (κ1) is 29.0. The molecule has 1 atom stereocenters. The van der Waals surface area contributed by atoms with Gasteiger partial charge in [-0.25, -0.2) is 14.4 Å². The van der Waals surface area contributed by atoms with Crippen molar-refractivity contribution >= 4 is 29.7 Å². The van der Waals surface area contributed by atoms with Crippen LogP contribution in [0.4, 0.5) is 4.79 Å². The SMILES string of the molecule is CCCc1ccc(C(=O)O)c(C(CC)C(C)C)c1OC(=O)OCC.O=C(O)c1ccc(Cl)cc1. The third kappa shape index (κ3) is 8.37. The predicted molar refractivity (Wildman–Crippen MR) is 131 cm³/mol. The van der Waals surface area contributed by atoms with Crippen molar-refractivity contribution in [2.45, 2.75) is 59.8 Å². The molecule has 8 heteroatoms. The second-order valence-electron chi connectivity index (χ2n) is 7.93. The molecule has 34 heavy (non-hydrogen) atoms. The van der Waals surface area contributed by atoms with E-state index in [-0.39, 0.29) is 29.6 Å². The smallest absolute Gasteiger partial charge is 0.478 e. The molecular weight excluding hydrogens is 460 g/mol. The van der Waals surface area contributed by atoms with Crippen LogP contribution in [0.5, 0.6) is 5.75 Å². The number of carboxylic acids is 2. The number of benzene rings is 2. The zero-order valence-electron chi connectivity index (χ0n) is 20.3. The normalized spacial score (nSPS) is 11.3. The molecule has 186 valence electrons. The first-order valence-electron chi connectivity index (χ1n) is 11.3. The van der Waals surface area contributed by atoms with Crippen LogP contribution in [0.2, 0.25) is 5.02 Å². The standard InChI is InChI=1S/C19H28O5.C7H5ClO2/c1-6-9-13-10-11-15(18(20)21)16(14(7-2)12(4)5)17(13)24-19(22)23-8-3;8-6-3-1-5(2-4-6)7(9)10/h10-12,14H,6-9H2,1-5H3,(H,20,21);1-4H,(H,9,10). The maximum atomic E-state index is 11.9. The topological polar surface area (TPSA) is 110 Å². The lowest BCUT2D eigenvalue weighted by Crippen LogP contribution is -2.18. The van der Waals surface area contributed by atoms with E-state index in [4.69, 9.17) is 26.2 Å². The van der Waals surface area contributed by atoms with Crippen LogP contribution in [0.15, 0.2) is 36.4 Å². The summed E-state index contributed by atoms with van der Waals surface area (Å²) in [5.74, 6) is -1.39. The maximum absolute atomic E-state index is 11.9. The van der Waals surface area contributed by atoms with Gasteiger partial charge in [0.05, 0.1) is 17.7 Å². The lowest BCUT2D eigenvalue weighted by molar-refractivity contribution is 0.0684. The first-order chi connectivity index (χ1) is 16.1. The summed E-state index contributed by atoms with van der Waals surface area (Å²) in [6, 6.07) is 9.37. The van der Waals surface area contributed by atoms with E-state index in [0.29, 0.717) is 22.8 Å². The minimum absolute atomic E-state index is 0.0164. The van der Waals surface area contributed by atoms with E-state index in [0.717, 1.165) is 18.4 Å². The van der Waals surface area contributed by atoms with Gasteiger partial charge in [-0.3, -0.25) is 0 Å². The van der Waals surface area contributed by atoms with E-state index in [1.165, 1.54) is 12.1 Å². The van der Waals surface area contributed by atoms with Gasteiger partial charge < -0.3 is 19.7 Å². The minimum atomic E-state index is -1.01. The Morgan fingerprint density at radius 2 is 1.56 bits per heavy atom. The number of aryl methyl sites for hydroxylation is 1. The van der Waals surface area contributed by atoms with Gasteiger partial charge in [-0.1, -0.05) is 51.8 Å². The van der Waals surface area contributed by atoms with Crippen molar-refractivity contribution in [1.82, 2.24) is 0 Å². The Labute approximate surface area is 205 Å². The van der Waals surface area contributed by atoms with Crippen molar-refractivity contribution < 1.29 is 34.1 Å². The number of carboxylic acid groups (broad SMARTS) is 2. The molecule has 0 saturated carbocycles. The van der Waals surface area contributed by atoms with Crippen LogP contribution in [-0.4, -0.2) is 34.9 Å². The van der Waals surface area contributed by atoms with Gasteiger partial charge in [-0.05, 0) is 67.5 Å². The molecule has 1 unspecified atom stereocenters. The molecule has 0 radical (unpaired) electrons. The predicted octanol–water partition coefficient (Wildman–Crippen LogP) is 7.06. The molecular formula is C26H33ClO7. The molecule has 7 nitrogen and oxygen atoms in total.